The molecule has 0 aromatic heterocycles. The highest BCUT2D eigenvalue weighted by molar-refractivity contribution is 5.79. The van der Waals surface area contributed by atoms with Gasteiger partial charge in [0.25, 0.3) is 0 Å². The third-order valence-electron chi connectivity index (χ3n) is 3.08. The molecule has 2 rings (SSSR count). The van der Waals surface area contributed by atoms with Gasteiger partial charge in [-0.15, -0.1) is 0 Å². The summed E-state index contributed by atoms with van der Waals surface area (Å²) in [5.41, 5.74) is -0.309. The molecule has 1 aromatic rings. The number of halogens is 3. The second-order valence-electron chi connectivity index (χ2n) is 4.51. The molecule has 104 valence electrons. The molecule has 0 radical (unpaired) electrons. The fourth-order valence-electron chi connectivity index (χ4n) is 2.06. The summed E-state index contributed by atoms with van der Waals surface area (Å²) in [6.07, 6.45) is -4.35. The van der Waals surface area contributed by atoms with Crippen LogP contribution < -0.4 is 5.32 Å². The summed E-state index contributed by atoms with van der Waals surface area (Å²) < 4.78 is 37.7. The van der Waals surface area contributed by atoms with Crippen LogP contribution in [0.25, 0.3) is 0 Å². The number of piperazine rings is 1. The fraction of sp³-hybridized carbons (Fsp3) is 0.462. The molecule has 1 saturated heterocycles. The Morgan fingerprint density at radius 3 is 2.58 bits per heavy atom. The van der Waals surface area contributed by atoms with E-state index >= 15 is 0 Å². The highest BCUT2D eigenvalue weighted by Crippen LogP contribution is 2.29. The van der Waals surface area contributed by atoms with E-state index in [-0.39, 0.29) is 12.3 Å². The number of alkyl halides is 3. The van der Waals surface area contributed by atoms with Gasteiger partial charge >= 0.3 is 6.18 Å². The van der Waals surface area contributed by atoms with Gasteiger partial charge in [0.05, 0.1) is 12.0 Å². The first-order chi connectivity index (χ1) is 8.97. The highest BCUT2D eigenvalue weighted by atomic mass is 19.4. The lowest BCUT2D eigenvalue weighted by Crippen LogP contribution is -2.46. The van der Waals surface area contributed by atoms with Crippen molar-refractivity contribution in [1.82, 2.24) is 10.2 Å². The molecule has 1 amide bonds. The van der Waals surface area contributed by atoms with E-state index < -0.39 is 11.7 Å². The van der Waals surface area contributed by atoms with Crippen LogP contribution in [0.5, 0.6) is 0 Å². The standard InChI is InChI=1S/C13H15F3N2O/c14-13(15,16)11-3-1-2-10(8-11)9-12(19)18-6-4-17-5-7-18/h1-3,8,17H,4-7,9H2. The number of nitrogens with one attached hydrogen (secondary N) is 1. The van der Waals surface area contributed by atoms with Crippen LogP contribution in [0.4, 0.5) is 13.2 Å². The van der Waals surface area contributed by atoms with E-state index in [4.69, 9.17) is 0 Å². The Morgan fingerprint density at radius 2 is 1.95 bits per heavy atom. The lowest BCUT2D eigenvalue weighted by atomic mass is 10.1. The van der Waals surface area contributed by atoms with Gasteiger partial charge in [-0.2, -0.15) is 13.2 Å². The van der Waals surface area contributed by atoms with Crippen molar-refractivity contribution in [1.29, 1.82) is 0 Å². The second kappa shape index (κ2) is 5.61. The normalized spacial score (nSPS) is 16.5. The first-order valence-corrected chi connectivity index (χ1v) is 6.11. The average Bonchev–Trinajstić information content (AvgIpc) is 2.39. The fourth-order valence-corrected chi connectivity index (χ4v) is 2.06. The molecule has 1 aliphatic heterocycles. The lowest BCUT2D eigenvalue weighted by molar-refractivity contribution is -0.138. The van der Waals surface area contributed by atoms with Crippen molar-refractivity contribution < 1.29 is 18.0 Å². The number of amides is 1. The van der Waals surface area contributed by atoms with Gasteiger partial charge in [0.1, 0.15) is 0 Å². The van der Waals surface area contributed by atoms with Crippen LogP contribution in [0.1, 0.15) is 11.1 Å². The third kappa shape index (κ3) is 3.70. The summed E-state index contributed by atoms with van der Waals surface area (Å²) in [4.78, 5) is 13.6. The number of hydrogen-bond donors (Lipinski definition) is 1. The Hall–Kier alpha value is -1.56. The Bertz CT molecular complexity index is 453. The minimum Gasteiger partial charge on any atom is -0.340 e. The number of hydrogen-bond acceptors (Lipinski definition) is 2. The minimum atomic E-state index is -4.37. The molecule has 19 heavy (non-hydrogen) atoms. The summed E-state index contributed by atoms with van der Waals surface area (Å²) in [7, 11) is 0. The van der Waals surface area contributed by atoms with Gasteiger partial charge in [0, 0.05) is 26.2 Å². The highest BCUT2D eigenvalue weighted by Gasteiger charge is 2.30. The van der Waals surface area contributed by atoms with Gasteiger partial charge < -0.3 is 10.2 Å². The molecule has 1 aromatic carbocycles. The molecule has 3 nitrogen and oxygen atoms in total. The molecule has 0 aliphatic carbocycles. The molecular formula is C13H15F3N2O. The van der Waals surface area contributed by atoms with Crippen LogP contribution in [0, 0.1) is 0 Å². The molecule has 1 fully saturated rings. The zero-order chi connectivity index (χ0) is 13.9. The zero-order valence-electron chi connectivity index (χ0n) is 10.3. The van der Waals surface area contributed by atoms with Gasteiger partial charge in [-0.1, -0.05) is 18.2 Å². The number of rotatable bonds is 2. The second-order valence-corrected chi connectivity index (χ2v) is 4.51. The number of benzene rings is 1. The van der Waals surface area contributed by atoms with Gasteiger partial charge in [-0.05, 0) is 11.6 Å². The molecule has 0 unspecified atom stereocenters. The molecule has 0 spiro atoms. The van der Waals surface area contributed by atoms with Crippen molar-refractivity contribution >= 4 is 5.91 Å². The molecule has 0 saturated carbocycles. The van der Waals surface area contributed by atoms with Crippen molar-refractivity contribution in [2.24, 2.45) is 0 Å². The number of carbonyl (C=O) groups excluding carboxylic acids is 1. The predicted molar refractivity (Wildman–Crippen MR) is 64.6 cm³/mol. The van der Waals surface area contributed by atoms with Crippen LogP contribution >= 0.6 is 0 Å². The Labute approximate surface area is 109 Å². The van der Waals surface area contributed by atoms with E-state index in [0.29, 0.717) is 18.7 Å². The molecular weight excluding hydrogens is 257 g/mol. The third-order valence-corrected chi connectivity index (χ3v) is 3.08. The maximum absolute atomic E-state index is 12.6. The molecule has 6 heteroatoms. The van der Waals surface area contributed by atoms with Crippen LogP contribution in [-0.4, -0.2) is 37.0 Å². The monoisotopic (exact) mass is 272 g/mol. The first-order valence-electron chi connectivity index (χ1n) is 6.11. The largest absolute Gasteiger partial charge is 0.416 e. The van der Waals surface area contributed by atoms with Crippen molar-refractivity contribution in [3.8, 4) is 0 Å². The summed E-state index contributed by atoms with van der Waals surface area (Å²) in [5.74, 6) is -0.124. The van der Waals surface area contributed by atoms with Gasteiger partial charge in [-0.3, -0.25) is 4.79 Å². The van der Waals surface area contributed by atoms with Crippen LogP contribution in [0.2, 0.25) is 0 Å². The van der Waals surface area contributed by atoms with Crippen molar-refractivity contribution in [2.45, 2.75) is 12.6 Å². The molecule has 1 N–H and O–H groups in total. The van der Waals surface area contributed by atoms with E-state index in [2.05, 4.69) is 5.32 Å². The summed E-state index contributed by atoms with van der Waals surface area (Å²) in [6.45, 7) is 2.68. The topological polar surface area (TPSA) is 32.3 Å². The van der Waals surface area contributed by atoms with Crippen molar-refractivity contribution in [3.63, 3.8) is 0 Å². The van der Waals surface area contributed by atoms with Crippen LogP contribution in [0.15, 0.2) is 24.3 Å². The minimum absolute atomic E-state index is 0.0178. The lowest BCUT2D eigenvalue weighted by Gasteiger charge is -2.27. The quantitative estimate of drug-likeness (QED) is 0.888. The maximum Gasteiger partial charge on any atom is 0.416 e. The van der Waals surface area contributed by atoms with E-state index in [1.165, 1.54) is 6.07 Å². The van der Waals surface area contributed by atoms with E-state index in [9.17, 15) is 18.0 Å². The Balaban J connectivity index is 2.04. The zero-order valence-corrected chi connectivity index (χ0v) is 10.3. The molecule has 1 aliphatic rings. The SMILES string of the molecule is O=C(Cc1cccc(C(F)(F)F)c1)N1CCNCC1. The van der Waals surface area contributed by atoms with E-state index in [0.717, 1.165) is 25.2 Å². The molecule has 0 bridgehead atoms. The van der Waals surface area contributed by atoms with Gasteiger partial charge in [0.2, 0.25) is 5.91 Å². The Morgan fingerprint density at radius 1 is 1.26 bits per heavy atom. The smallest absolute Gasteiger partial charge is 0.340 e. The summed E-state index contributed by atoms with van der Waals surface area (Å²) >= 11 is 0. The molecule has 0 atom stereocenters. The average molecular weight is 272 g/mol. The predicted octanol–water partition coefficient (Wildman–Crippen LogP) is 1.68. The van der Waals surface area contributed by atoms with Gasteiger partial charge in [-0.25, -0.2) is 0 Å². The van der Waals surface area contributed by atoms with Gasteiger partial charge in [0.15, 0.2) is 0 Å². The first kappa shape index (κ1) is 13.9. The van der Waals surface area contributed by atoms with E-state index in [1.807, 2.05) is 0 Å². The number of nitrogens with zero attached hydrogens (tertiary/aromatic N) is 1. The van der Waals surface area contributed by atoms with Crippen molar-refractivity contribution in [2.75, 3.05) is 26.2 Å². The maximum atomic E-state index is 12.6. The van der Waals surface area contributed by atoms with Crippen LogP contribution in [-0.2, 0) is 17.4 Å². The van der Waals surface area contributed by atoms with Crippen molar-refractivity contribution in [3.05, 3.63) is 35.4 Å². The summed E-state index contributed by atoms with van der Waals surface area (Å²) in [5, 5.41) is 3.12. The summed E-state index contributed by atoms with van der Waals surface area (Å²) in [6, 6.07) is 4.94. The van der Waals surface area contributed by atoms with Crippen LogP contribution in [0.3, 0.4) is 0 Å². The van der Waals surface area contributed by atoms with E-state index in [1.54, 1.807) is 11.0 Å². The Kier molecular flexibility index (Phi) is 4.09. The number of carbonyl (C=O) groups is 1. The molecule has 1 heterocycles.